The summed E-state index contributed by atoms with van der Waals surface area (Å²) in [5.74, 6) is 0.819. The number of thiocarbonyl (C=S) groups is 1. The molecule has 0 radical (unpaired) electrons. The minimum atomic E-state index is 0.477. The zero-order valence-electron chi connectivity index (χ0n) is 14.3. The van der Waals surface area contributed by atoms with Gasteiger partial charge in [-0.2, -0.15) is 0 Å². The molecule has 0 saturated heterocycles. The summed E-state index contributed by atoms with van der Waals surface area (Å²) in [6.07, 6.45) is 9.60. The van der Waals surface area contributed by atoms with Crippen LogP contribution in [0.1, 0.15) is 38.5 Å². The number of benzene rings is 1. The van der Waals surface area contributed by atoms with Crippen LogP contribution in [0.5, 0.6) is 5.75 Å². The first kappa shape index (κ1) is 18.7. The van der Waals surface area contributed by atoms with Crippen molar-refractivity contribution in [3.05, 3.63) is 36.9 Å². The highest BCUT2D eigenvalue weighted by Crippen LogP contribution is 2.20. The number of nitrogens with one attached hydrogen (secondary N) is 2. The quantitative estimate of drug-likeness (QED) is 0.396. The molecule has 0 unspecified atom stereocenters. The summed E-state index contributed by atoms with van der Waals surface area (Å²) in [6.45, 7) is 5.76. The summed E-state index contributed by atoms with van der Waals surface area (Å²) >= 11 is 5.31. The monoisotopic (exact) mass is 348 g/mol. The van der Waals surface area contributed by atoms with Gasteiger partial charge in [0.1, 0.15) is 12.4 Å². The van der Waals surface area contributed by atoms with E-state index in [0.717, 1.165) is 31.0 Å². The molecule has 0 heterocycles. The maximum Gasteiger partial charge on any atom is 0.170 e. The minimum absolute atomic E-state index is 0.477. The van der Waals surface area contributed by atoms with Gasteiger partial charge in [-0.25, -0.2) is 0 Å². The number of ether oxygens (including phenoxy) is 2. The molecule has 1 aromatic carbocycles. The van der Waals surface area contributed by atoms with Gasteiger partial charge in [-0.15, -0.1) is 0 Å². The Bertz CT molecular complexity index is 499. The van der Waals surface area contributed by atoms with Gasteiger partial charge in [-0.1, -0.05) is 31.9 Å². The van der Waals surface area contributed by atoms with Crippen LogP contribution in [0.3, 0.4) is 0 Å². The lowest BCUT2D eigenvalue weighted by Gasteiger charge is -2.22. The zero-order valence-corrected chi connectivity index (χ0v) is 15.1. The molecule has 1 aliphatic rings. The molecule has 132 valence electrons. The Morgan fingerprint density at radius 1 is 1.21 bits per heavy atom. The fraction of sp³-hybridized carbons (Fsp3) is 0.526. The van der Waals surface area contributed by atoms with Crippen molar-refractivity contribution in [2.24, 2.45) is 0 Å². The highest BCUT2D eigenvalue weighted by Gasteiger charge is 2.12. The van der Waals surface area contributed by atoms with Crippen LogP contribution < -0.4 is 15.4 Å². The molecule has 2 N–H and O–H groups in total. The molecule has 24 heavy (non-hydrogen) atoms. The van der Waals surface area contributed by atoms with E-state index in [1.165, 1.54) is 32.1 Å². The molecule has 1 aromatic rings. The number of hydrogen-bond acceptors (Lipinski definition) is 3. The normalized spacial score (nSPS) is 14.8. The maximum atomic E-state index is 5.90. The Labute approximate surface area is 150 Å². The Hall–Kier alpha value is -1.59. The van der Waals surface area contributed by atoms with Gasteiger partial charge >= 0.3 is 0 Å². The van der Waals surface area contributed by atoms with Crippen molar-refractivity contribution in [1.29, 1.82) is 0 Å². The molecule has 0 bridgehead atoms. The fourth-order valence-electron chi connectivity index (χ4n) is 2.72. The molecule has 0 spiro atoms. The van der Waals surface area contributed by atoms with Crippen LogP contribution >= 0.6 is 12.2 Å². The summed E-state index contributed by atoms with van der Waals surface area (Å²) in [4.78, 5) is 0. The second-order valence-corrected chi connectivity index (χ2v) is 6.40. The highest BCUT2D eigenvalue weighted by molar-refractivity contribution is 7.80. The largest absolute Gasteiger partial charge is 0.490 e. The molecule has 0 aliphatic heterocycles. The average molecular weight is 349 g/mol. The zero-order chi connectivity index (χ0) is 17.0. The van der Waals surface area contributed by atoms with Gasteiger partial charge in [0.2, 0.25) is 0 Å². The van der Waals surface area contributed by atoms with Gasteiger partial charge in [-0.05, 0) is 55.7 Å². The maximum absolute atomic E-state index is 5.90. The van der Waals surface area contributed by atoms with Crippen LogP contribution in [0.25, 0.3) is 0 Å². The van der Waals surface area contributed by atoms with Crippen LogP contribution in [0, 0.1) is 0 Å². The molecular formula is C19H28N2O2S. The third-order valence-corrected chi connectivity index (χ3v) is 4.24. The van der Waals surface area contributed by atoms with Crippen molar-refractivity contribution in [1.82, 2.24) is 5.32 Å². The highest BCUT2D eigenvalue weighted by atomic mass is 32.1. The molecule has 0 aromatic heterocycles. The van der Waals surface area contributed by atoms with E-state index in [0.29, 0.717) is 17.8 Å². The van der Waals surface area contributed by atoms with Crippen molar-refractivity contribution >= 4 is 23.0 Å². The van der Waals surface area contributed by atoms with Gasteiger partial charge in [0, 0.05) is 18.8 Å². The Morgan fingerprint density at radius 2 is 1.96 bits per heavy atom. The summed E-state index contributed by atoms with van der Waals surface area (Å²) in [7, 11) is 0. The molecule has 1 saturated carbocycles. The lowest BCUT2D eigenvalue weighted by atomic mass is 9.98. The van der Waals surface area contributed by atoms with Crippen molar-refractivity contribution in [2.45, 2.75) is 44.6 Å². The van der Waals surface area contributed by atoms with E-state index in [9.17, 15) is 0 Å². The number of hydrogen-bond donors (Lipinski definition) is 2. The second-order valence-electron chi connectivity index (χ2n) is 5.99. The first-order chi connectivity index (χ1) is 11.8. The van der Waals surface area contributed by atoms with Gasteiger partial charge in [-0.3, -0.25) is 0 Å². The summed E-state index contributed by atoms with van der Waals surface area (Å²) in [5.41, 5.74) is 0.942. The van der Waals surface area contributed by atoms with Crippen molar-refractivity contribution in [2.75, 3.05) is 25.1 Å². The molecule has 0 atom stereocenters. The van der Waals surface area contributed by atoms with Crippen LogP contribution in [0.15, 0.2) is 36.9 Å². The van der Waals surface area contributed by atoms with Gasteiger partial charge in [0.15, 0.2) is 5.11 Å². The summed E-state index contributed by atoms with van der Waals surface area (Å²) in [6, 6.07) is 7.70. The lowest BCUT2D eigenvalue weighted by Crippen LogP contribution is -2.30. The van der Waals surface area contributed by atoms with Crippen LogP contribution in [-0.4, -0.2) is 31.0 Å². The summed E-state index contributed by atoms with van der Waals surface area (Å²) < 4.78 is 11.4. The second kappa shape index (κ2) is 11.0. The lowest BCUT2D eigenvalue weighted by molar-refractivity contribution is 0.0277. The third-order valence-electron chi connectivity index (χ3n) is 3.99. The minimum Gasteiger partial charge on any atom is -0.490 e. The fourth-order valence-corrected chi connectivity index (χ4v) is 2.94. The van der Waals surface area contributed by atoms with Crippen molar-refractivity contribution in [3.8, 4) is 5.75 Å². The van der Waals surface area contributed by atoms with Crippen LogP contribution in [0.2, 0.25) is 0 Å². The topological polar surface area (TPSA) is 42.5 Å². The summed E-state index contributed by atoms with van der Waals surface area (Å²) in [5, 5.41) is 7.01. The van der Waals surface area contributed by atoms with E-state index >= 15 is 0 Å². The number of anilines is 1. The van der Waals surface area contributed by atoms with E-state index in [2.05, 4.69) is 17.2 Å². The van der Waals surface area contributed by atoms with E-state index < -0.39 is 0 Å². The Kier molecular flexibility index (Phi) is 8.63. The van der Waals surface area contributed by atoms with Gasteiger partial charge < -0.3 is 20.1 Å². The predicted molar refractivity (Wildman–Crippen MR) is 104 cm³/mol. The first-order valence-corrected chi connectivity index (χ1v) is 9.19. The standard InChI is InChI=1S/C19H28N2O2S/c1-2-14-22-18-11-9-16(10-12-18)21-19(24)20-13-6-15-23-17-7-4-3-5-8-17/h2,9-12,17H,1,3-8,13-15H2,(H2,20,21,24). The molecule has 5 heteroatoms. The molecule has 0 amide bonds. The Balaban J connectivity index is 1.56. The van der Waals surface area contributed by atoms with E-state index in [1.807, 2.05) is 24.3 Å². The number of rotatable bonds is 9. The van der Waals surface area contributed by atoms with Gasteiger partial charge in [0.05, 0.1) is 6.10 Å². The third kappa shape index (κ3) is 7.32. The molecule has 2 rings (SSSR count). The molecule has 4 nitrogen and oxygen atoms in total. The van der Waals surface area contributed by atoms with Crippen molar-refractivity contribution in [3.63, 3.8) is 0 Å². The average Bonchev–Trinajstić information content (AvgIpc) is 2.62. The van der Waals surface area contributed by atoms with Crippen molar-refractivity contribution < 1.29 is 9.47 Å². The molecule has 1 aliphatic carbocycles. The predicted octanol–water partition coefficient (Wildman–Crippen LogP) is 4.28. The Morgan fingerprint density at radius 3 is 2.67 bits per heavy atom. The smallest absolute Gasteiger partial charge is 0.170 e. The van der Waals surface area contributed by atoms with Crippen LogP contribution in [0.4, 0.5) is 5.69 Å². The van der Waals surface area contributed by atoms with Gasteiger partial charge in [0.25, 0.3) is 0 Å². The van der Waals surface area contributed by atoms with E-state index in [-0.39, 0.29) is 0 Å². The molecular weight excluding hydrogens is 320 g/mol. The van der Waals surface area contributed by atoms with E-state index in [1.54, 1.807) is 6.08 Å². The molecule has 1 fully saturated rings. The van der Waals surface area contributed by atoms with Crippen LogP contribution in [-0.2, 0) is 4.74 Å². The first-order valence-electron chi connectivity index (χ1n) is 8.78. The SMILES string of the molecule is C=CCOc1ccc(NC(=S)NCCCOC2CCCCC2)cc1. The van der Waals surface area contributed by atoms with E-state index in [4.69, 9.17) is 21.7 Å².